The molecule has 25 heavy (non-hydrogen) atoms. The van der Waals surface area contributed by atoms with Crippen LogP contribution in [-0.2, 0) is 14.3 Å². The molecule has 0 amide bonds. The fourth-order valence-corrected chi connectivity index (χ4v) is 4.02. The molecule has 0 radical (unpaired) electrons. The van der Waals surface area contributed by atoms with Gasteiger partial charge in [0.15, 0.2) is 0 Å². The second-order valence-corrected chi connectivity index (χ2v) is 6.74. The second kappa shape index (κ2) is 7.76. The predicted octanol–water partition coefficient (Wildman–Crippen LogP) is 3.37. The van der Waals surface area contributed by atoms with Crippen molar-refractivity contribution < 1.29 is 19.2 Å². The third kappa shape index (κ3) is 3.43. The van der Waals surface area contributed by atoms with Crippen molar-refractivity contribution in [2.45, 2.75) is 51.5 Å². The average molecular weight is 347 g/mol. The van der Waals surface area contributed by atoms with Crippen molar-refractivity contribution in [3.05, 3.63) is 46.0 Å². The van der Waals surface area contributed by atoms with Crippen LogP contribution in [0.4, 0.5) is 0 Å². The highest BCUT2D eigenvalue weighted by Gasteiger charge is 2.63. The number of nitrogens with zero attached hydrogens (tertiary/aromatic N) is 1. The minimum atomic E-state index is -1.58. The number of carbonyl (C=O) groups is 2. The molecule has 0 saturated heterocycles. The van der Waals surface area contributed by atoms with Crippen LogP contribution in [0.15, 0.2) is 30.3 Å². The van der Waals surface area contributed by atoms with E-state index in [9.17, 15) is 19.7 Å². The normalized spacial score (nSPS) is 29.2. The highest BCUT2D eigenvalue weighted by atomic mass is 16.6. The summed E-state index contributed by atoms with van der Waals surface area (Å²) in [6.07, 6.45) is 1.20. The molecule has 1 fully saturated rings. The molecule has 4 atom stereocenters. The topological polar surface area (TPSA) is 86.5 Å². The number of ether oxygens (including phenoxy) is 1. The first kappa shape index (κ1) is 19.1. The first-order chi connectivity index (χ1) is 11.9. The molecule has 1 aliphatic carbocycles. The van der Waals surface area contributed by atoms with E-state index in [-0.39, 0.29) is 23.7 Å². The minimum absolute atomic E-state index is 0.0715. The van der Waals surface area contributed by atoms with Crippen LogP contribution in [-0.4, -0.2) is 28.8 Å². The molecular formula is C19H25NO5. The Balaban J connectivity index is 2.59. The molecule has 1 saturated carbocycles. The van der Waals surface area contributed by atoms with Gasteiger partial charge in [-0.05, 0) is 18.9 Å². The van der Waals surface area contributed by atoms with Crippen LogP contribution in [0.5, 0.6) is 0 Å². The highest BCUT2D eigenvalue weighted by Crippen LogP contribution is 2.49. The third-order valence-electron chi connectivity index (χ3n) is 5.29. The van der Waals surface area contributed by atoms with Crippen molar-refractivity contribution in [3.63, 3.8) is 0 Å². The largest absolute Gasteiger partial charge is 0.466 e. The molecule has 0 aromatic heterocycles. The maximum Gasteiger partial charge on any atom is 0.317 e. The van der Waals surface area contributed by atoms with Gasteiger partial charge in [-0.15, -0.1) is 0 Å². The van der Waals surface area contributed by atoms with Gasteiger partial charge in [0.05, 0.1) is 12.5 Å². The summed E-state index contributed by atoms with van der Waals surface area (Å²) >= 11 is 0. The molecule has 136 valence electrons. The van der Waals surface area contributed by atoms with E-state index in [0.29, 0.717) is 18.4 Å². The van der Waals surface area contributed by atoms with Gasteiger partial charge in [0.25, 0.3) is 0 Å². The molecule has 1 aliphatic rings. The summed E-state index contributed by atoms with van der Waals surface area (Å²) in [6, 6.07) is 8.96. The van der Waals surface area contributed by atoms with Crippen LogP contribution in [0, 0.1) is 22.0 Å². The molecule has 6 heteroatoms. The number of hydrogen-bond donors (Lipinski definition) is 0. The summed E-state index contributed by atoms with van der Waals surface area (Å²) < 4.78 is 5.14. The zero-order valence-electron chi connectivity index (χ0n) is 14.9. The standard InChI is InChI=1S/C19H25NO5/c1-4-9-14-16(21)12-15(13-10-7-6-8-11-13)19(3,20(23)24)17(14)18(22)25-5-2/h6-8,10-11,14-15,17H,4-5,9,12H2,1-3H3/t14-,15+,17-,19-/m0/s1. The smallest absolute Gasteiger partial charge is 0.317 e. The van der Waals surface area contributed by atoms with E-state index in [1.54, 1.807) is 31.2 Å². The fourth-order valence-electron chi connectivity index (χ4n) is 4.02. The highest BCUT2D eigenvalue weighted by molar-refractivity contribution is 5.90. The number of rotatable bonds is 6. The summed E-state index contributed by atoms with van der Waals surface area (Å²) in [5, 5.41) is 12.1. The molecular weight excluding hydrogens is 322 g/mol. The lowest BCUT2D eigenvalue weighted by Crippen LogP contribution is -2.59. The van der Waals surface area contributed by atoms with E-state index < -0.39 is 29.3 Å². The van der Waals surface area contributed by atoms with Crippen molar-refractivity contribution in [3.8, 4) is 0 Å². The Morgan fingerprint density at radius 2 is 1.96 bits per heavy atom. The summed E-state index contributed by atoms with van der Waals surface area (Å²) in [7, 11) is 0. The Bertz CT molecular complexity index is 644. The number of hydrogen-bond acceptors (Lipinski definition) is 5. The molecule has 0 heterocycles. The van der Waals surface area contributed by atoms with Crippen LogP contribution in [0.25, 0.3) is 0 Å². The van der Waals surface area contributed by atoms with Gasteiger partial charge < -0.3 is 4.74 Å². The number of carbonyl (C=O) groups excluding carboxylic acids is 2. The Morgan fingerprint density at radius 3 is 2.48 bits per heavy atom. The second-order valence-electron chi connectivity index (χ2n) is 6.74. The van der Waals surface area contributed by atoms with Crippen molar-refractivity contribution >= 4 is 11.8 Å². The Morgan fingerprint density at radius 1 is 1.32 bits per heavy atom. The lowest BCUT2D eigenvalue weighted by atomic mass is 9.59. The Kier molecular flexibility index (Phi) is 5.93. The van der Waals surface area contributed by atoms with E-state index >= 15 is 0 Å². The number of ketones is 1. The van der Waals surface area contributed by atoms with Crippen molar-refractivity contribution in [2.75, 3.05) is 6.61 Å². The molecule has 1 aromatic rings. The summed E-state index contributed by atoms with van der Waals surface area (Å²) in [5.74, 6) is -3.13. The maximum absolute atomic E-state index is 12.8. The molecule has 0 bridgehead atoms. The number of esters is 1. The van der Waals surface area contributed by atoms with E-state index in [1.807, 2.05) is 13.0 Å². The zero-order valence-corrected chi connectivity index (χ0v) is 14.9. The van der Waals surface area contributed by atoms with Gasteiger partial charge in [-0.1, -0.05) is 43.7 Å². The summed E-state index contributed by atoms with van der Waals surface area (Å²) in [6.45, 7) is 5.19. The third-order valence-corrected chi connectivity index (χ3v) is 5.29. The quantitative estimate of drug-likeness (QED) is 0.447. The van der Waals surface area contributed by atoms with Gasteiger partial charge in [0, 0.05) is 24.2 Å². The van der Waals surface area contributed by atoms with Gasteiger partial charge in [0.1, 0.15) is 11.7 Å². The van der Waals surface area contributed by atoms with Crippen LogP contribution in [0.3, 0.4) is 0 Å². The molecule has 1 aromatic carbocycles. The lowest BCUT2D eigenvalue weighted by molar-refractivity contribution is -0.581. The van der Waals surface area contributed by atoms with Crippen LogP contribution < -0.4 is 0 Å². The molecule has 2 rings (SSSR count). The lowest BCUT2D eigenvalue weighted by Gasteiger charge is -2.42. The maximum atomic E-state index is 12.8. The van der Waals surface area contributed by atoms with Crippen LogP contribution >= 0.6 is 0 Å². The Hall–Kier alpha value is -2.24. The van der Waals surface area contributed by atoms with E-state index in [4.69, 9.17) is 4.74 Å². The van der Waals surface area contributed by atoms with Crippen molar-refractivity contribution in [1.82, 2.24) is 0 Å². The molecule has 6 nitrogen and oxygen atoms in total. The number of benzene rings is 1. The van der Waals surface area contributed by atoms with Gasteiger partial charge in [0.2, 0.25) is 5.54 Å². The van der Waals surface area contributed by atoms with E-state index in [0.717, 1.165) is 0 Å². The molecule has 0 unspecified atom stereocenters. The van der Waals surface area contributed by atoms with E-state index in [2.05, 4.69) is 0 Å². The number of nitro groups is 1. The monoisotopic (exact) mass is 347 g/mol. The fraction of sp³-hybridized carbons (Fsp3) is 0.579. The summed E-state index contributed by atoms with van der Waals surface area (Å²) in [5.41, 5.74) is -0.874. The average Bonchev–Trinajstić information content (AvgIpc) is 2.59. The van der Waals surface area contributed by atoms with Crippen LogP contribution in [0.1, 0.15) is 51.5 Å². The SMILES string of the molecule is CCC[C@H]1C(=O)C[C@H](c2ccccc2)[C@](C)([N+](=O)[O-])[C@@H]1C(=O)OCC. The van der Waals surface area contributed by atoms with Gasteiger partial charge in [-0.3, -0.25) is 19.7 Å². The first-order valence-electron chi connectivity index (χ1n) is 8.76. The molecule has 0 aliphatic heterocycles. The van der Waals surface area contributed by atoms with Crippen molar-refractivity contribution in [1.29, 1.82) is 0 Å². The minimum Gasteiger partial charge on any atom is -0.466 e. The summed E-state index contributed by atoms with van der Waals surface area (Å²) in [4.78, 5) is 37.1. The Labute approximate surface area is 147 Å². The number of Topliss-reactive ketones (excluding diaryl/α,β-unsaturated/α-hetero) is 1. The molecule has 0 spiro atoms. The van der Waals surface area contributed by atoms with Gasteiger partial charge >= 0.3 is 5.97 Å². The van der Waals surface area contributed by atoms with Gasteiger partial charge in [-0.2, -0.15) is 0 Å². The van der Waals surface area contributed by atoms with Crippen LogP contribution in [0.2, 0.25) is 0 Å². The predicted molar refractivity (Wildman–Crippen MR) is 92.7 cm³/mol. The zero-order chi connectivity index (χ0) is 18.6. The molecule has 0 N–H and O–H groups in total. The van der Waals surface area contributed by atoms with Gasteiger partial charge in [-0.25, -0.2) is 0 Å². The first-order valence-corrected chi connectivity index (χ1v) is 8.76. The van der Waals surface area contributed by atoms with Crippen molar-refractivity contribution in [2.24, 2.45) is 11.8 Å². The van der Waals surface area contributed by atoms with E-state index in [1.165, 1.54) is 6.92 Å².